The summed E-state index contributed by atoms with van der Waals surface area (Å²) in [5.74, 6) is 1.00. The summed E-state index contributed by atoms with van der Waals surface area (Å²) in [7, 11) is 0. The van der Waals surface area contributed by atoms with E-state index in [4.69, 9.17) is 4.74 Å². The van der Waals surface area contributed by atoms with Gasteiger partial charge in [-0.25, -0.2) is 9.78 Å². The predicted octanol–water partition coefficient (Wildman–Crippen LogP) is 6.25. The van der Waals surface area contributed by atoms with Crippen LogP contribution >= 0.6 is 0 Å². The van der Waals surface area contributed by atoms with Gasteiger partial charge in [0, 0.05) is 5.69 Å². The van der Waals surface area contributed by atoms with Gasteiger partial charge in [0.05, 0.1) is 11.3 Å². The highest BCUT2D eigenvalue weighted by Gasteiger charge is 2.30. The van der Waals surface area contributed by atoms with Gasteiger partial charge in [-0.3, -0.25) is 5.32 Å². The molecule has 2 amide bonds. The molecule has 0 spiro atoms. The number of ether oxygens (including phenoxy) is 1. The molecule has 0 radical (unpaired) electrons. The van der Waals surface area contributed by atoms with Crippen molar-refractivity contribution in [2.24, 2.45) is 0 Å². The number of benzene rings is 2. The van der Waals surface area contributed by atoms with E-state index in [1.54, 1.807) is 6.92 Å². The number of halogens is 3. The van der Waals surface area contributed by atoms with Crippen LogP contribution in [0.1, 0.15) is 27.9 Å². The summed E-state index contributed by atoms with van der Waals surface area (Å²) < 4.78 is 43.9. The fourth-order valence-electron chi connectivity index (χ4n) is 3.00. The van der Waals surface area contributed by atoms with Crippen molar-refractivity contribution in [2.45, 2.75) is 33.6 Å². The van der Waals surface area contributed by atoms with Crippen LogP contribution in [0.15, 0.2) is 54.6 Å². The molecule has 162 valence electrons. The average Bonchev–Trinajstić information content (AvgIpc) is 2.72. The van der Waals surface area contributed by atoms with Gasteiger partial charge in [-0.1, -0.05) is 30.3 Å². The Labute approximate surface area is 178 Å². The highest BCUT2D eigenvalue weighted by atomic mass is 19.4. The molecule has 31 heavy (non-hydrogen) atoms. The third-order valence-electron chi connectivity index (χ3n) is 4.79. The molecule has 8 heteroatoms. The van der Waals surface area contributed by atoms with Crippen LogP contribution in [-0.4, -0.2) is 11.0 Å². The standard InChI is InChI=1S/C23H22F3N3O2/c1-14-15(2)21(27-16(3)20(14)31-13-17-7-5-4-6-8-17)29-22(30)28-19-11-9-18(10-12-19)23(24,25)26/h4-12H,13H2,1-3H3,(H2,27,28,29,30). The lowest BCUT2D eigenvalue weighted by atomic mass is 10.1. The lowest BCUT2D eigenvalue weighted by molar-refractivity contribution is -0.137. The zero-order chi connectivity index (χ0) is 22.6. The first-order chi connectivity index (χ1) is 14.6. The van der Waals surface area contributed by atoms with Gasteiger partial charge in [0.1, 0.15) is 18.2 Å². The first-order valence-electron chi connectivity index (χ1n) is 9.55. The van der Waals surface area contributed by atoms with Crippen LogP contribution in [0, 0.1) is 20.8 Å². The van der Waals surface area contributed by atoms with Crippen molar-refractivity contribution in [1.82, 2.24) is 4.98 Å². The Morgan fingerprint density at radius 3 is 2.19 bits per heavy atom. The van der Waals surface area contributed by atoms with Crippen LogP contribution in [0.3, 0.4) is 0 Å². The van der Waals surface area contributed by atoms with Crippen molar-refractivity contribution >= 4 is 17.5 Å². The zero-order valence-corrected chi connectivity index (χ0v) is 17.3. The number of carbonyl (C=O) groups excluding carboxylic acids is 1. The number of pyridine rings is 1. The Balaban J connectivity index is 1.69. The highest BCUT2D eigenvalue weighted by molar-refractivity contribution is 5.99. The number of anilines is 2. The van der Waals surface area contributed by atoms with E-state index in [0.29, 0.717) is 23.9 Å². The van der Waals surface area contributed by atoms with E-state index >= 15 is 0 Å². The van der Waals surface area contributed by atoms with Crippen LogP contribution < -0.4 is 15.4 Å². The fourth-order valence-corrected chi connectivity index (χ4v) is 3.00. The Morgan fingerprint density at radius 2 is 1.58 bits per heavy atom. The van der Waals surface area contributed by atoms with E-state index in [1.165, 1.54) is 12.1 Å². The van der Waals surface area contributed by atoms with Gasteiger partial charge >= 0.3 is 12.2 Å². The number of urea groups is 1. The molecule has 0 atom stereocenters. The molecule has 0 bridgehead atoms. The molecule has 3 rings (SSSR count). The molecule has 0 fully saturated rings. The molecule has 0 aliphatic heterocycles. The Morgan fingerprint density at radius 1 is 0.935 bits per heavy atom. The molecular formula is C23H22F3N3O2. The first-order valence-corrected chi connectivity index (χ1v) is 9.55. The highest BCUT2D eigenvalue weighted by Crippen LogP contribution is 2.31. The number of rotatable bonds is 5. The minimum absolute atomic E-state index is 0.236. The van der Waals surface area contributed by atoms with E-state index in [9.17, 15) is 18.0 Å². The van der Waals surface area contributed by atoms with Crippen molar-refractivity contribution in [1.29, 1.82) is 0 Å². The maximum Gasteiger partial charge on any atom is 0.416 e. The van der Waals surface area contributed by atoms with Gasteiger partial charge in [-0.2, -0.15) is 13.2 Å². The average molecular weight is 429 g/mol. The fraction of sp³-hybridized carbons (Fsp3) is 0.217. The number of nitrogens with zero attached hydrogens (tertiary/aromatic N) is 1. The second-order valence-electron chi connectivity index (χ2n) is 7.05. The number of carbonyl (C=O) groups is 1. The molecule has 0 unspecified atom stereocenters. The van der Waals surface area contributed by atoms with Crippen molar-refractivity contribution in [2.75, 3.05) is 10.6 Å². The molecule has 0 aliphatic carbocycles. The summed E-state index contributed by atoms with van der Waals surface area (Å²) in [4.78, 5) is 16.7. The minimum Gasteiger partial charge on any atom is -0.487 e. The zero-order valence-electron chi connectivity index (χ0n) is 17.3. The van der Waals surface area contributed by atoms with E-state index in [2.05, 4.69) is 15.6 Å². The summed E-state index contributed by atoms with van der Waals surface area (Å²) in [6.07, 6.45) is -4.43. The molecule has 2 aromatic carbocycles. The molecule has 0 saturated heterocycles. The summed E-state index contributed by atoms with van der Waals surface area (Å²) in [5, 5.41) is 5.16. The van der Waals surface area contributed by atoms with E-state index in [-0.39, 0.29) is 5.69 Å². The maximum atomic E-state index is 12.7. The number of nitrogens with one attached hydrogen (secondary N) is 2. The van der Waals surface area contributed by atoms with Crippen LogP contribution in [0.5, 0.6) is 5.75 Å². The summed E-state index contributed by atoms with van der Waals surface area (Å²) in [6, 6.07) is 13.3. The molecule has 1 aromatic heterocycles. The van der Waals surface area contributed by atoms with Gasteiger partial charge in [0.15, 0.2) is 0 Å². The molecule has 2 N–H and O–H groups in total. The minimum atomic E-state index is -4.43. The Bertz CT molecular complexity index is 1070. The second-order valence-corrected chi connectivity index (χ2v) is 7.05. The SMILES string of the molecule is Cc1nc(NC(=O)Nc2ccc(C(F)(F)F)cc2)c(C)c(C)c1OCc1ccccc1. The lowest BCUT2D eigenvalue weighted by Gasteiger charge is -2.17. The maximum absolute atomic E-state index is 12.7. The van der Waals surface area contributed by atoms with Crippen LogP contribution in [0.4, 0.5) is 29.5 Å². The number of aromatic nitrogens is 1. The van der Waals surface area contributed by atoms with Crippen molar-refractivity contribution in [3.8, 4) is 5.75 Å². The third-order valence-corrected chi connectivity index (χ3v) is 4.79. The van der Waals surface area contributed by atoms with Gasteiger partial charge in [-0.15, -0.1) is 0 Å². The van der Waals surface area contributed by atoms with Gasteiger partial charge < -0.3 is 10.1 Å². The number of amides is 2. The topological polar surface area (TPSA) is 63.2 Å². The quantitative estimate of drug-likeness (QED) is 0.504. The Kier molecular flexibility index (Phi) is 6.48. The number of hydrogen-bond donors (Lipinski definition) is 2. The molecule has 0 aliphatic rings. The summed E-state index contributed by atoms with van der Waals surface area (Å²) >= 11 is 0. The summed E-state index contributed by atoms with van der Waals surface area (Å²) in [5.41, 5.74) is 2.66. The van der Waals surface area contributed by atoms with Crippen LogP contribution in [0.25, 0.3) is 0 Å². The van der Waals surface area contributed by atoms with Crippen molar-refractivity contribution < 1.29 is 22.7 Å². The largest absolute Gasteiger partial charge is 0.487 e. The van der Waals surface area contributed by atoms with Gasteiger partial charge in [0.2, 0.25) is 0 Å². The lowest BCUT2D eigenvalue weighted by Crippen LogP contribution is -2.21. The van der Waals surface area contributed by atoms with E-state index in [0.717, 1.165) is 28.8 Å². The van der Waals surface area contributed by atoms with E-state index in [1.807, 2.05) is 44.2 Å². The molecular weight excluding hydrogens is 407 g/mol. The monoisotopic (exact) mass is 429 g/mol. The van der Waals surface area contributed by atoms with Crippen molar-refractivity contribution in [3.63, 3.8) is 0 Å². The number of hydrogen-bond acceptors (Lipinski definition) is 3. The predicted molar refractivity (Wildman–Crippen MR) is 113 cm³/mol. The van der Waals surface area contributed by atoms with Crippen LogP contribution in [-0.2, 0) is 12.8 Å². The molecule has 3 aromatic rings. The smallest absolute Gasteiger partial charge is 0.416 e. The normalized spacial score (nSPS) is 11.2. The number of aryl methyl sites for hydroxylation is 1. The van der Waals surface area contributed by atoms with Crippen molar-refractivity contribution in [3.05, 3.63) is 82.5 Å². The molecule has 1 heterocycles. The summed E-state index contributed by atoms with van der Waals surface area (Å²) in [6.45, 7) is 5.87. The third kappa shape index (κ3) is 5.53. The van der Waals surface area contributed by atoms with E-state index < -0.39 is 17.8 Å². The Hall–Kier alpha value is -3.55. The van der Waals surface area contributed by atoms with Gasteiger partial charge in [-0.05, 0) is 61.7 Å². The van der Waals surface area contributed by atoms with Crippen LogP contribution in [0.2, 0.25) is 0 Å². The second kappa shape index (κ2) is 9.07. The first kappa shape index (κ1) is 22.1. The molecule has 0 saturated carbocycles. The molecule has 5 nitrogen and oxygen atoms in total. The van der Waals surface area contributed by atoms with Gasteiger partial charge in [0.25, 0.3) is 0 Å². The number of alkyl halides is 3.